The molecule has 2 amide bonds. The smallest absolute Gasteiger partial charge is 0.410 e. The first-order valence-corrected chi connectivity index (χ1v) is 14.3. The molecule has 1 atom stereocenters. The molecule has 0 spiro atoms. The van der Waals surface area contributed by atoms with Crippen molar-refractivity contribution in [2.24, 2.45) is 5.92 Å². The summed E-state index contributed by atoms with van der Waals surface area (Å²) in [6, 6.07) is 15.7. The number of para-hydroxylation sites is 1. The molecule has 4 rings (SSSR count). The van der Waals surface area contributed by atoms with Crippen molar-refractivity contribution in [2.45, 2.75) is 77.7 Å². The van der Waals surface area contributed by atoms with Gasteiger partial charge in [0.05, 0.1) is 20.3 Å². The molecule has 218 valence electrons. The van der Waals surface area contributed by atoms with E-state index in [1.165, 1.54) is 0 Å². The predicted molar refractivity (Wildman–Crippen MR) is 154 cm³/mol. The maximum Gasteiger partial charge on any atom is 0.410 e. The van der Waals surface area contributed by atoms with E-state index in [-0.39, 0.29) is 30.1 Å². The van der Waals surface area contributed by atoms with Crippen molar-refractivity contribution in [3.05, 3.63) is 59.7 Å². The maximum absolute atomic E-state index is 13.5. The van der Waals surface area contributed by atoms with Crippen molar-refractivity contribution in [1.29, 1.82) is 0 Å². The monoisotopic (exact) mass is 552 g/mol. The van der Waals surface area contributed by atoms with Gasteiger partial charge in [0.2, 0.25) is 5.91 Å². The van der Waals surface area contributed by atoms with Crippen LogP contribution in [0.15, 0.2) is 48.5 Å². The molecule has 1 aliphatic heterocycles. The van der Waals surface area contributed by atoms with Crippen molar-refractivity contribution in [1.82, 2.24) is 9.80 Å². The van der Waals surface area contributed by atoms with Crippen LogP contribution in [0, 0.1) is 12.8 Å². The lowest BCUT2D eigenvalue weighted by molar-refractivity contribution is -0.145. The standard InChI is InChI=1S/C32H44N2O6/c1-23-19-24(11-16-29(23)37-5)20-34(31(36)40-32(2,3)4)26-14-12-25(13-15-26)30(35)33-17-18-38-28(21-33)22-39-27-9-7-6-8-10-27/h6-11,16,19,25-26,28H,12-15,17-18,20-22H2,1-5H3. The third kappa shape index (κ3) is 8.13. The Balaban J connectivity index is 1.35. The van der Waals surface area contributed by atoms with Crippen LogP contribution in [0.3, 0.4) is 0 Å². The van der Waals surface area contributed by atoms with Crippen molar-refractivity contribution < 1.29 is 28.5 Å². The highest BCUT2D eigenvalue weighted by Gasteiger charge is 2.36. The number of nitrogens with zero attached hydrogens (tertiary/aromatic N) is 2. The first-order valence-electron chi connectivity index (χ1n) is 14.3. The molecule has 0 radical (unpaired) electrons. The average molecular weight is 553 g/mol. The second-order valence-electron chi connectivity index (χ2n) is 11.8. The van der Waals surface area contributed by atoms with Crippen LogP contribution >= 0.6 is 0 Å². The van der Waals surface area contributed by atoms with E-state index in [2.05, 4.69) is 6.07 Å². The van der Waals surface area contributed by atoms with Gasteiger partial charge in [-0.05, 0) is 82.7 Å². The summed E-state index contributed by atoms with van der Waals surface area (Å²) < 4.78 is 22.9. The van der Waals surface area contributed by atoms with E-state index in [9.17, 15) is 9.59 Å². The Bertz CT molecular complexity index is 1120. The summed E-state index contributed by atoms with van der Waals surface area (Å²) in [5, 5.41) is 0. The summed E-state index contributed by atoms with van der Waals surface area (Å²) in [6.07, 6.45) is 2.54. The molecule has 0 aromatic heterocycles. The predicted octanol–water partition coefficient (Wildman–Crippen LogP) is 5.61. The second kappa shape index (κ2) is 13.4. The molecule has 2 aromatic rings. The zero-order chi connectivity index (χ0) is 28.7. The molecule has 8 nitrogen and oxygen atoms in total. The molecular weight excluding hydrogens is 508 g/mol. The van der Waals surface area contributed by atoms with Crippen LogP contribution in [-0.2, 0) is 20.8 Å². The topological polar surface area (TPSA) is 77.5 Å². The van der Waals surface area contributed by atoms with Gasteiger partial charge in [0.15, 0.2) is 0 Å². The number of hydrogen-bond acceptors (Lipinski definition) is 6. The number of amides is 2. The van der Waals surface area contributed by atoms with E-state index in [0.29, 0.717) is 32.8 Å². The molecule has 2 aliphatic rings. The molecule has 1 aliphatic carbocycles. The normalized spacial score (nSPS) is 21.4. The van der Waals surface area contributed by atoms with Gasteiger partial charge < -0.3 is 28.7 Å². The van der Waals surface area contributed by atoms with E-state index in [1.54, 1.807) is 7.11 Å². The molecule has 2 aromatic carbocycles. The average Bonchev–Trinajstić information content (AvgIpc) is 2.94. The number of ether oxygens (including phenoxy) is 4. The SMILES string of the molecule is COc1ccc(CN(C(=O)OC(C)(C)C)C2CCC(C(=O)N3CCOC(COc4ccccc4)C3)CC2)cc1C. The Kier molecular flexibility index (Phi) is 9.95. The number of rotatable bonds is 8. The van der Waals surface area contributed by atoms with Crippen LogP contribution in [0.2, 0.25) is 0 Å². The van der Waals surface area contributed by atoms with Crippen LogP contribution in [0.25, 0.3) is 0 Å². The molecule has 0 bridgehead atoms. The highest BCUT2D eigenvalue weighted by molar-refractivity contribution is 5.79. The highest BCUT2D eigenvalue weighted by atomic mass is 16.6. The van der Waals surface area contributed by atoms with Gasteiger partial charge >= 0.3 is 6.09 Å². The molecule has 1 saturated carbocycles. The van der Waals surface area contributed by atoms with Crippen molar-refractivity contribution in [2.75, 3.05) is 33.4 Å². The summed E-state index contributed by atoms with van der Waals surface area (Å²) in [5.41, 5.74) is 1.46. The zero-order valence-electron chi connectivity index (χ0n) is 24.6. The Morgan fingerprint density at radius 3 is 2.42 bits per heavy atom. The Hall–Kier alpha value is -3.26. The van der Waals surface area contributed by atoms with Gasteiger partial charge in [0.25, 0.3) is 0 Å². The summed E-state index contributed by atoms with van der Waals surface area (Å²) in [4.78, 5) is 30.6. The van der Waals surface area contributed by atoms with Crippen molar-refractivity contribution >= 4 is 12.0 Å². The first-order chi connectivity index (χ1) is 19.1. The van der Waals surface area contributed by atoms with Gasteiger partial charge in [-0.15, -0.1) is 0 Å². The zero-order valence-corrected chi connectivity index (χ0v) is 24.6. The molecule has 1 saturated heterocycles. The number of benzene rings is 2. The Morgan fingerprint density at radius 2 is 1.77 bits per heavy atom. The quantitative estimate of drug-likeness (QED) is 0.424. The second-order valence-corrected chi connectivity index (χ2v) is 11.8. The number of carbonyl (C=O) groups excluding carboxylic acids is 2. The molecule has 1 unspecified atom stereocenters. The van der Waals surface area contributed by atoms with Gasteiger partial charge in [-0.1, -0.05) is 30.3 Å². The molecular formula is C32H44N2O6. The van der Waals surface area contributed by atoms with Crippen molar-refractivity contribution in [3.63, 3.8) is 0 Å². The Morgan fingerprint density at radius 1 is 1.05 bits per heavy atom. The largest absolute Gasteiger partial charge is 0.496 e. The minimum absolute atomic E-state index is 0.0121. The number of methoxy groups -OCH3 is 1. The summed E-state index contributed by atoms with van der Waals surface area (Å²) in [5.74, 6) is 1.76. The lowest BCUT2D eigenvalue weighted by Crippen LogP contribution is -2.51. The molecule has 0 N–H and O–H groups in total. The fraction of sp³-hybridized carbons (Fsp3) is 0.562. The van der Waals surface area contributed by atoms with Crippen LogP contribution in [0.5, 0.6) is 11.5 Å². The van der Waals surface area contributed by atoms with E-state index in [4.69, 9.17) is 18.9 Å². The summed E-state index contributed by atoms with van der Waals surface area (Å²) in [6.45, 7) is 10.2. The Labute approximate surface area is 238 Å². The minimum atomic E-state index is -0.588. The lowest BCUT2D eigenvalue weighted by atomic mass is 9.84. The van der Waals surface area contributed by atoms with Gasteiger partial charge in [-0.2, -0.15) is 0 Å². The molecule has 2 fully saturated rings. The first kappa shape index (κ1) is 29.7. The number of aryl methyl sites for hydroxylation is 1. The highest BCUT2D eigenvalue weighted by Crippen LogP contribution is 2.32. The van der Waals surface area contributed by atoms with Gasteiger partial charge in [-0.25, -0.2) is 4.79 Å². The van der Waals surface area contributed by atoms with E-state index < -0.39 is 5.60 Å². The third-order valence-corrected chi connectivity index (χ3v) is 7.56. The fourth-order valence-corrected chi connectivity index (χ4v) is 5.52. The lowest BCUT2D eigenvalue weighted by Gasteiger charge is -2.39. The van der Waals surface area contributed by atoms with Crippen LogP contribution in [-0.4, -0.2) is 73.0 Å². The molecule has 1 heterocycles. The van der Waals surface area contributed by atoms with E-state index in [1.807, 2.05) is 80.0 Å². The maximum atomic E-state index is 13.5. The van der Waals surface area contributed by atoms with Gasteiger partial charge in [0.1, 0.15) is 29.8 Å². The van der Waals surface area contributed by atoms with E-state index in [0.717, 1.165) is 48.3 Å². The van der Waals surface area contributed by atoms with Gasteiger partial charge in [-0.3, -0.25) is 4.79 Å². The number of morpholine rings is 1. The van der Waals surface area contributed by atoms with Gasteiger partial charge in [0, 0.05) is 25.0 Å². The number of hydrogen-bond donors (Lipinski definition) is 0. The van der Waals surface area contributed by atoms with Crippen LogP contribution < -0.4 is 9.47 Å². The summed E-state index contributed by atoms with van der Waals surface area (Å²) >= 11 is 0. The molecule has 8 heteroatoms. The minimum Gasteiger partial charge on any atom is -0.496 e. The van der Waals surface area contributed by atoms with Crippen molar-refractivity contribution in [3.8, 4) is 11.5 Å². The molecule has 40 heavy (non-hydrogen) atoms. The van der Waals surface area contributed by atoms with Crippen LogP contribution in [0.1, 0.15) is 57.6 Å². The van der Waals surface area contributed by atoms with Crippen LogP contribution in [0.4, 0.5) is 4.79 Å². The number of carbonyl (C=O) groups is 2. The third-order valence-electron chi connectivity index (χ3n) is 7.56. The summed E-state index contributed by atoms with van der Waals surface area (Å²) in [7, 11) is 1.66. The van der Waals surface area contributed by atoms with E-state index >= 15 is 0 Å². The fourth-order valence-electron chi connectivity index (χ4n) is 5.52.